The van der Waals surface area contributed by atoms with Crippen LogP contribution in [0, 0.1) is 0 Å². The third kappa shape index (κ3) is 3.60. The summed E-state index contributed by atoms with van der Waals surface area (Å²) in [5, 5.41) is 3.57. The van der Waals surface area contributed by atoms with Gasteiger partial charge in [-0.25, -0.2) is 0 Å². The highest BCUT2D eigenvalue weighted by Crippen LogP contribution is 2.26. The molecule has 1 aromatic rings. The van der Waals surface area contributed by atoms with Gasteiger partial charge in [-0.2, -0.15) is 0 Å². The van der Waals surface area contributed by atoms with Gasteiger partial charge < -0.3 is 5.32 Å². The summed E-state index contributed by atoms with van der Waals surface area (Å²) in [5.74, 6) is -0.228. The second-order valence-corrected chi connectivity index (χ2v) is 6.55. The number of rotatable bonds is 3. The number of benzene rings is 1. The number of halogens is 3. The molecule has 0 aliphatic heterocycles. The number of carbonyl (C=O) groups is 1. The van der Waals surface area contributed by atoms with Crippen LogP contribution in [0.3, 0.4) is 0 Å². The van der Waals surface area contributed by atoms with Gasteiger partial charge in [-0.05, 0) is 26.0 Å². The van der Waals surface area contributed by atoms with E-state index in [1.807, 2.05) is 20.8 Å². The van der Waals surface area contributed by atoms with Crippen molar-refractivity contribution in [3.63, 3.8) is 0 Å². The van der Waals surface area contributed by atoms with E-state index >= 15 is 0 Å². The van der Waals surface area contributed by atoms with Gasteiger partial charge >= 0.3 is 0 Å². The van der Waals surface area contributed by atoms with Crippen LogP contribution in [0.25, 0.3) is 0 Å². The Morgan fingerprint density at radius 1 is 1.41 bits per heavy atom. The van der Waals surface area contributed by atoms with Crippen LogP contribution < -0.4 is 5.32 Å². The lowest BCUT2D eigenvalue weighted by Gasteiger charge is -2.29. The topological polar surface area (TPSA) is 29.1 Å². The summed E-state index contributed by atoms with van der Waals surface area (Å²) in [6.45, 7) is 5.84. The molecule has 0 saturated carbocycles. The molecule has 0 saturated heterocycles. The van der Waals surface area contributed by atoms with Crippen LogP contribution in [-0.4, -0.2) is 16.3 Å². The van der Waals surface area contributed by atoms with E-state index < -0.39 is 0 Å². The maximum absolute atomic E-state index is 12.1. The van der Waals surface area contributed by atoms with E-state index in [1.165, 1.54) is 0 Å². The lowest BCUT2D eigenvalue weighted by molar-refractivity contribution is 0.0914. The van der Waals surface area contributed by atoms with Gasteiger partial charge in [0, 0.05) is 10.4 Å². The molecule has 5 heteroatoms. The zero-order chi connectivity index (χ0) is 13.2. The smallest absolute Gasteiger partial charge is 0.253 e. The molecule has 1 atom stereocenters. The summed E-state index contributed by atoms with van der Waals surface area (Å²) in [6.07, 6.45) is 0. The number of hydrogen-bond acceptors (Lipinski definition) is 1. The molecule has 1 rings (SSSR count). The molecule has 1 unspecified atom stereocenters. The van der Waals surface area contributed by atoms with Crippen LogP contribution >= 0.6 is 39.1 Å². The Hall–Kier alpha value is -0.250. The third-order valence-corrected chi connectivity index (χ3v) is 4.59. The molecule has 2 nitrogen and oxygen atoms in total. The summed E-state index contributed by atoms with van der Waals surface area (Å²) >= 11 is 15.3. The molecule has 0 heterocycles. The van der Waals surface area contributed by atoms with Gasteiger partial charge in [0.25, 0.3) is 5.91 Å². The summed E-state index contributed by atoms with van der Waals surface area (Å²) < 4.78 is 0. The molecule has 1 amide bonds. The van der Waals surface area contributed by atoms with Crippen molar-refractivity contribution < 1.29 is 4.79 Å². The fourth-order valence-electron chi connectivity index (χ4n) is 1.14. The van der Waals surface area contributed by atoms with Crippen LogP contribution in [0.2, 0.25) is 10.0 Å². The van der Waals surface area contributed by atoms with Crippen molar-refractivity contribution in [3.8, 4) is 0 Å². The molecule has 17 heavy (non-hydrogen) atoms. The van der Waals surface area contributed by atoms with E-state index in [4.69, 9.17) is 23.2 Å². The molecule has 0 aliphatic rings. The molecular weight excluding hydrogens is 325 g/mol. The molecule has 0 spiro atoms. The lowest BCUT2D eigenvalue weighted by atomic mass is 10.0. The minimum Gasteiger partial charge on any atom is -0.346 e. The van der Waals surface area contributed by atoms with Gasteiger partial charge in [-0.15, -0.1) is 0 Å². The highest BCUT2D eigenvalue weighted by molar-refractivity contribution is 9.09. The first-order chi connectivity index (χ1) is 7.75. The Labute approximate surface area is 120 Å². The minimum atomic E-state index is -0.372. The first kappa shape index (κ1) is 14.8. The second-order valence-electron chi connectivity index (χ2n) is 4.39. The number of carbonyl (C=O) groups excluding carboxylic acids is 1. The number of alkyl halides is 1. The summed E-state index contributed by atoms with van der Waals surface area (Å²) in [5.41, 5.74) is 0.0170. The molecule has 1 aromatic carbocycles. The fourth-order valence-corrected chi connectivity index (χ4v) is 1.64. The van der Waals surface area contributed by atoms with Crippen LogP contribution in [0.5, 0.6) is 0 Å². The van der Waals surface area contributed by atoms with Crippen molar-refractivity contribution in [3.05, 3.63) is 33.8 Å². The summed E-state index contributed by atoms with van der Waals surface area (Å²) in [4.78, 5) is 12.2. The monoisotopic (exact) mass is 337 g/mol. The van der Waals surface area contributed by atoms with Gasteiger partial charge in [-0.3, -0.25) is 4.79 Å². The zero-order valence-electron chi connectivity index (χ0n) is 9.85. The van der Waals surface area contributed by atoms with Crippen LogP contribution in [0.4, 0.5) is 0 Å². The van der Waals surface area contributed by atoms with Gasteiger partial charge in [0.1, 0.15) is 0 Å². The van der Waals surface area contributed by atoms with Gasteiger partial charge in [0.05, 0.1) is 15.6 Å². The van der Waals surface area contributed by atoms with Crippen molar-refractivity contribution >= 4 is 45.0 Å². The normalized spacial score (nSPS) is 13.3. The van der Waals surface area contributed by atoms with Crippen molar-refractivity contribution in [1.29, 1.82) is 0 Å². The molecule has 1 N–H and O–H groups in total. The van der Waals surface area contributed by atoms with Gasteiger partial charge in [-0.1, -0.05) is 52.1 Å². The molecule has 0 aromatic heterocycles. The van der Waals surface area contributed by atoms with Gasteiger partial charge in [0.15, 0.2) is 0 Å². The lowest BCUT2D eigenvalue weighted by Crippen LogP contribution is -2.48. The van der Waals surface area contributed by atoms with E-state index in [9.17, 15) is 4.79 Å². The van der Waals surface area contributed by atoms with E-state index in [0.717, 1.165) is 0 Å². The standard InChI is InChI=1S/C12H14BrCl2NO/c1-7(13)12(2,3)16-11(17)8-5-4-6-9(14)10(8)15/h4-7H,1-3H3,(H,16,17). The maximum Gasteiger partial charge on any atom is 0.253 e. The Kier molecular flexibility index (Phi) is 4.87. The van der Waals surface area contributed by atoms with Crippen LogP contribution in [-0.2, 0) is 0 Å². The van der Waals surface area contributed by atoms with Gasteiger partial charge in [0.2, 0.25) is 0 Å². The van der Waals surface area contributed by atoms with E-state index in [0.29, 0.717) is 10.6 Å². The third-order valence-electron chi connectivity index (χ3n) is 2.63. The maximum atomic E-state index is 12.1. The number of nitrogens with one attached hydrogen (secondary N) is 1. The van der Waals surface area contributed by atoms with E-state index in [-0.39, 0.29) is 21.3 Å². The fraction of sp³-hybridized carbons (Fsp3) is 0.417. The first-order valence-corrected chi connectivity index (χ1v) is 6.83. The Morgan fingerprint density at radius 3 is 2.53 bits per heavy atom. The number of hydrogen-bond donors (Lipinski definition) is 1. The molecular formula is C12H14BrCl2NO. The minimum absolute atomic E-state index is 0.136. The second kappa shape index (κ2) is 5.59. The van der Waals surface area contributed by atoms with Crippen molar-refractivity contribution in [2.75, 3.05) is 0 Å². The van der Waals surface area contributed by atoms with Crippen molar-refractivity contribution in [2.24, 2.45) is 0 Å². The summed E-state index contributed by atoms with van der Waals surface area (Å²) in [6, 6.07) is 5.01. The molecule has 0 bridgehead atoms. The summed E-state index contributed by atoms with van der Waals surface area (Å²) in [7, 11) is 0. The highest BCUT2D eigenvalue weighted by Gasteiger charge is 2.27. The molecule has 0 fully saturated rings. The highest BCUT2D eigenvalue weighted by atomic mass is 79.9. The molecule has 94 valence electrons. The molecule has 0 aliphatic carbocycles. The first-order valence-electron chi connectivity index (χ1n) is 5.16. The predicted molar refractivity (Wildman–Crippen MR) is 76.4 cm³/mol. The average Bonchev–Trinajstić information content (AvgIpc) is 2.21. The Bertz CT molecular complexity index is 433. The zero-order valence-corrected chi connectivity index (χ0v) is 12.9. The average molecular weight is 339 g/mol. The van der Waals surface area contributed by atoms with Crippen LogP contribution in [0.15, 0.2) is 18.2 Å². The van der Waals surface area contributed by atoms with Crippen molar-refractivity contribution in [1.82, 2.24) is 5.32 Å². The number of amides is 1. The SMILES string of the molecule is CC(Br)C(C)(C)NC(=O)c1cccc(Cl)c1Cl. The predicted octanol–water partition coefficient (Wildman–Crippen LogP) is 4.29. The largest absolute Gasteiger partial charge is 0.346 e. The van der Waals surface area contributed by atoms with Crippen molar-refractivity contribution in [2.45, 2.75) is 31.1 Å². The van der Waals surface area contributed by atoms with E-state index in [2.05, 4.69) is 21.2 Å². The molecule has 0 radical (unpaired) electrons. The Balaban J connectivity index is 2.95. The van der Waals surface area contributed by atoms with E-state index in [1.54, 1.807) is 18.2 Å². The Morgan fingerprint density at radius 2 is 2.00 bits per heavy atom. The van der Waals surface area contributed by atoms with Crippen LogP contribution in [0.1, 0.15) is 31.1 Å². The quantitative estimate of drug-likeness (QED) is 0.818.